The van der Waals surface area contributed by atoms with Gasteiger partial charge in [-0.15, -0.1) is 0 Å². The van der Waals surface area contributed by atoms with E-state index in [0.29, 0.717) is 6.04 Å². The van der Waals surface area contributed by atoms with Gasteiger partial charge in [0.2, 0.25) is 0 Å². The van der Waals surface area contributed by atoms with Gasteiger partial charge in [0.15, 0.2) is 0 Å². The molecule has 2 rings (SSSR count). The Morgan fingerprint density at radius 3 is 2.76 bits per heavy atom. The normalized spacial score (nSPS) is 20.4. The summed E-state index contributed by atoms with van der Waals surface area (Å²) < 4.78 is 5.72. The zero-order valence-electron chi connectivity index (χ0n) is 10.7. The fourth-order valence-corrected chi connectivity index (χ4v) is 2.27. The van der Waals surface area contributed by atoms with Crippen LogP contribution >= 0.6 is 0 Å². The summed E-state index contributed by atoms with van der Waals surface area (Å²) in [7, 11) is 0. The van der Waals surface area contributed by atoms with E-state index < -0.39 is 0 Å². The lowest BCUT2D eigenvalue weighted by atomic mass is 10.0. The van der Waals surface area contributed by atoms with Gasteiger partial charge in [0.05, 0.1) is 6.61 Å². The van der Waals surface area contributed by atoms with Gasteiger partial charge in [-0.3, -0.25) is 0 Å². The topological polar surface area (TPSA) is 21.3 Å². The minimum atomic E-state index is 0.682. The molecule has 1 aromatic rings. The summed E-state index contributed by atoms with van der Waals surface area (Å²) in [4.78, 5) is 0. The number of nitrogens with one attached hydrogen (secondary N) is 1. The highest BCUT2D eigenvalue weighted by molar-refractivity contribution is 5.20. The number of piperidine rings is 1. The maximum Gasteiger partial charge on any atom is 0.0716 e. The predicted molar refractivity (Wildman–Crippen MR) is 71.1 cm³/mol. The molecule has 0 aliphatic carbocycles. The van der Waals surface area contributed by atoms with E-state index in [9.17, 15) is 0 Å². The molecule has 1 N–H and O–H groups in total. The van der Waals surface area contributed by atoms with E-state index in [0.717, 1.165) is 19.6 Å². The van der Waals surface area contributed by atoms with Gasteiger partial charge in [0.25, 0.3) is 0 Å². The molecular weight excluding hydrogens is 210 g/mol. The summed E-state index contributed by atoms with van der Waals surface area (Å²) in [6, 6.07) is 9.26. The first-order valence-corrected chi connectivity index (χ1v) is 6.71. The molecule has 1 saturated heterocycles. The van der Waals surface area contributed by atoms with Crippen molar-refractivity contribution in [1.29, 1.82) is 0 Å². The van der Waals surface area contributed by atoms with Gasteiger partial charge in [0.1, 0.15) is 0 Å². The Morgan fingerprint density at radius 1 is 1.24 bits per heavy atom. The van der Waals surface area contributed by atoms with E-state index in [1.54, 1.807) is 0 Å². The number of rotatable bonds is 5. The first-order valence-electron chi connectivity index (χ1n) is 6.71. The molecule has 0 radical (unpaired) electrons. The van der Waals surface area contributed by atoms with E-state index in [1.165, 1.54) is 36.9 Å². The monoisotopic (exact) mass is 233 g/mol. The summed E-state index contributed by atoms with van der Waals surface area (Å²) in [6.45, 7) is 4.90. The van der Waals surface area contributed by atoms with E-state index in [2.05, 4.69) is 36.5 Å². The lowest BCUT2D eigenvalue weighted by Crippen LogP contribution is -2.34. The summed E-state index contributed by atoms with van der Waals surface area (Å²) in [5.41, 5.74) is 2.58. The maximum absolute atomic E-state index is 5.72. The van der Waals surface area contributed by atoms with Gasteiger partial charge in [-0.25, -0.2) is 0 Å². The van der Waals surface area contributed by atoms with Crippen molar-refractivity contribution in [2.75, 3.05) is 13.2 Å². The lowest BCUT2D eigenvalue weighted by Gasteiger charge is -2.23. The SMILES string of the molecule is Cc1ccc(COCC[C@H]2CCCCN2)cc1. The van der Waals surface area contributed by atoms with Crippen molar-refractivity contribution in [2.24, 2.45) is 0 Å². The van der Waals surface area contributed by atoms with Gasteiger partial charge in [-0.1, -0.05) is 36.2 Å². The number of ether oxygens (including phenoxy) is 1. The molecule has 1 fully saturated rings. The molecule has 0 unspecified atom stereocenters. The van der Waals surface area contributed by atoms with Crippen LogP contribution in [0.3, 0.4) is 0 Å². The van der Waals surface area contributed by atoms with Crippen LogP contribution in [0.5, 0.6) is 0 Å². The molecule has 17 heavy (non-hydrogen) atoms. The smallest absolute Gasteiger partial charge is 0.0716 e. The second kappa shape index (κ2) is 6.77. The molecule has 1 heterocycles. The highest BCUT2D eigenvalue weighted by atomic mass is 16.5. The molecular formula is C15H23NO. The van der Waals surface area contributed by atoms with Crippen molar-refractivity contribution in [3.8, 4) is 0 Å². The van der Waals surface area contributed by atoms with Gasteiger partial charge in [-0.2, -0.15) is 0 Å². The highest BCUT2D eigenvalue weighted by Gasteiger charge is 2.11. The maximum atomic E-state index is 5.72. The summed E-state index contributed by atoms with van der Waals surface area (Å²) in [6.07, 6.45) is 5.16. The summed E-state index contributed by atoms with van der Waals surface area (Å²) in [5, 5.41) is 3.55. The van der Waals surface area contributed by atoms with Crippen molar-refractivity contribution in [3.05, 3.63) is 35.4 Å². The van der Waals surface area contributed by atoms with E-state index in [1.807, 2.05) is 0 Å². The average Bonchev–Trinajstić information content (AvgIpc) is 2.38. The van der Waals surface area contributed by atoms with E-state index in [-0.39, 0.29) is 0 Å². The molecule has 0 amide bonds. The van der Waals surface area contributed by atoms with E-state index in [4.69, 9.17) is 4.74 Å². The first kappa shape index (κ1) is 12.6. The largest absolute Gasteiger partial charge is 0.377 e. The predicted octanol–water partition coefficient (Wildman–Crippen LogP) is 3.04. The number of aryl methyl sites for hydroxylation is 1. The minimum Gasteiger partial charge on any atom is -0.377 e. The second-order valence-corrected chi connectivity index (χ2v) is 4.97. The van der Waals surface area contributed by atoms with Crippen LogP contribution in [0.25, 0.3) is 0 Å². The number of hydrogen-bond acceptors (Lipinski definition) is 2. The van der Waals surface area contributed by atoms with Crippen LogP contribution in [0.15, 0.2) is 24.3 Å². The molecule has 1 aliphatic rings. The van der Waals surface area contributed by atoms with Crippen molar-refractivity contribution in [2.45, 2.75) is 45.3 Å². The Kier molecular flexibility index (Phi) is 5.02. The molecule has 2 nitrogen and oxygen atoms in total. The zero-order valence-corrected chi connectivity index (χ0v) is 10.7. The highest BCUT2D eigenvalue weighted by Crippen LogP contribution is 2.10. The van der Waals surface area contributed by atoms with Gasteiger partial charge < -0.3 is 10.1 Å². The quantitative estimate of drug-likeness (QED) is 0.789. The molecule has 0 bridgehead atoms. The van der Waals surface area contributed by atoms with Crippen molar-refractivity contribution in [3.63, 3.8) is 0 Å². The first-order chi connectivity index (χ1) is 8.34. The van der Waals surface area contributed by atoms with Crippen LogP contribution in [0, 0.1) is 6.92 Å². The molecule has 0 spiro atoms. The zero-order chi connectivity index (χ0) is 11.9. The van der Waals surface area contributed by atoms with Gasteiger partial charge >= 0.3 is 0 Å². The Bertz CT molecular complexity index is 314. The molecule has 0 saturated carbocycles. The van der Waals surface area contributed by atoms with Crippen LogP contribution < -0.4 is 5.32 Å². The third-order valence-electron chi connectivity index (χ3n) is 3.41. The molecule has 0 aromatic heterocycles. The van der Waals surface area contributed by atoms with Crippen LogP contribution in [0.2, 0.25) is 0 Å². The van der Waals surface area contributed by atoms with Crippen LogP contribution in [0.4, 0.5) is 0 Å². The molecule has 1 aliphatic heterocycles. The third kappa shape index (κ3) is 4.49. The van der Waals surface area contributed by atoms with E-state index >= 15 is 0 Å². The molecule has 1 aromatic carbocycles. The third-order valence-corrected chi connectivity index (χ3v) is 3.41. The van der Waals surface area contributed by atoms with Crippen LogP contribution in [-0.2, 0) is 11.3 Å². The molecule has 94 valence electrons. The second-order valence-electron chi connectivity index (χ2n) is 4.97. The van der Waals surface area contributed by atoms with Crippen LogP contribution in [-0.4, -0.2) is 19.2 Å². The van der Waals surface area contributed by atoms with Crippen molar-refractivity contribution in [1.82, 2.24) is 5.32 Å². The summed E-state index contributed by atoms with van der Waals surface area (Å²) >= 11 is 0. The standard InChI is InChI=1S/C15H23NO/c1-13-5-7-14(8-6-13)12-17-11-9-15-4-2-3-10-16-15/h5-8,15-16H,2-4,9-12H2,1H3/t15-/m1/s1. The van der Waals surface area contributed by atoms with Crippen molar-refractivity contribution < 1.29 is 4.74 Å². The molecule has 1 atom stereocenters. The minimum absolute atomic E-state index is 0.682. The summed E-state index contributed by atoms with van der Waals surface area (Å²) in [5.74, 6) is 0. The Hall–Kier alpha value is -0.860. The lowest BCUT2D eigenvalue weighted by molar-refractivity contribution is 0.108. The Labute approximate surface area is 104 Å². The van der Waals surface area contributed by atoms with Gasteiger partial charge in [-0.05, 0) is 38.3 Å². The average molecular weight is 233 g/mol. The number of benzene rings is 1. The molecule has 2 heteroatoms. The number of hydrogen-bond donors (Lipinski definition) is 1. The Balaban J connectivity index is 1.60. The fraction of sp³-hybridized carbons (Fsp3) is 0.600. The fourth-order valence-electron chi connectivity index (χ4n) is 2.27. The van der Waals surface area contributed by atoms with Crippen LogP contribution in [0.1, 0.15) is 36.8 Å². The Morgan fingerprint density at radius 2 is 2.06 bits per heavy atom. The van der Waals surface area contributed by atoms with Crippen molar-refractivity contribution >= 4 is 0 Å². The van der Waals surface area contributed by atoms with Gasteiger partial charge in [0, 0.05) is 12.6 Å².